The van der Waals surface area contributed by atoms with Gasteiger partial charge in [0.05, 0.1) is 12.3 Å². The van der Waals surface area contributed by atoms with Crippen LogP contribution >= 0.6 is 0 Å². The number of hydrogen-bond acceptors (Lipinski definition) is 2. The molecule has 1 aromatic rings. The summed E-state index contributed by atoms with van der Waals surface area (Å²) < 4.78 is 38.6. The number of carbonyl (C=O) groups excluding carboxylic acids is 1. The minimum atomic E-state index is -1.65. The molecule has 1 aromatic carbocycles. The van der Waals surface area contributed by atoms with E-state index in [0.29, 0.717) is 6.07 Å². The molecule has 0 bridgehead atoms. The normalized spacial score (nSPS) is 10.2. The maximum atomic E-state index is 13.2. The number of aliphatic hydroxyl groups is 1. The van der Waals surface area contributed by atoms with E-state index in [1.54, 1.807) is 0 Å². The predicted octanol–water partition coefficient (Wildman–Crippen LogP) is 1.56. The van der Waals surface area contributed by atoms with Crippen molar-refractivity contribution in [3.8, 4) is 0 Å². The van der Waals surface area contributed by atoms with Crippen LogP contribution in [0, 0.1) is 17.5 Å². The average Bonchev–Trinajstić information content (AvgIpc) is 2.30. The van der Waals surface area contributed by atoms with E-state index >= 15 is 0 Å². The summed E-state index contributed by atoms with van der Waals surface area (Å²) in [6, 6.07) is 0.891. The van der Waals surface area contributed by atoms with Crippen LogP contribution in [0.3, 0.4) is 0 Å². The van der Waals surface area contributed by atoms with Crippen LogP contribution < -0.4 is 5.32 Å². The zero-order chi connectivity index (χ0) is 13.0. The number of nitrogens with zero attached hydrogens (tertiary/aromatic N) is 1. The summed E-state index contributed by atoms with van der Waals surface area (Å²) in [5.74, 6) is -4.44. The van der Waals surface area contributed by atoms with Crippen LogP contribution in [-0.2, 0) is 0 Å². The van der Waals surface area contributed by atoms with Gasteiger partial charge >= 0.3 is 6.03 Å². The molecule has 2 N–H and O–H groups in total. The summed E-state index contributed by atoms with van der Waals surface area (Å²) in [6.07, 6.45) is 0. The number of benzene rings is 1. The lowest BCUT2D eigenvalue weighted by molar-refractivity contribution is 0.202. The fourth-order valence-corrected chi connectivity index (χ4v) is 1.08. The first kappa shape index (κ1) is 13.3. The lowest BCUT2D eigenvalue weighted by Gasteiger charge is -2.16. The van der Waals surface area contributed by atoms with Gasteiger partial charge in [-0.25, -0.2) is 18.0 Å². The van der Waals surface area contributed by atoms with E-state index in [0.717, 1.165) is 11.0 Å². The Bertz CT molecular complexity index is 426. The monoisotopic (exact) mass is 248 g/mol. The number of likely N-dealkylation sites (N-methyl/N-ethyl adjacent to an activating group) is 1. The van der Waals surface area contributed by atoms with Gasteiger partial charge in [0.1, 0.15) is 0 Å². The molecule has 7 heteroatoms. The predicted molar refractivity (Wildman–Crippen MR) is 55.1 cm³/mol. The van der Waals surface area contributed by atoms with Gasteiger partial charge in [0.15, 0.2) is 17.5 Å². The number of rotatable bonds is 3. The molecule has 0 spiro atoms. The zero-order valence-corrected chi connectivity index (χ0v) is 9.01. The van der Waals surface area contributed by atoms with E-state index in [1.165, 1.54) is 7.05 Å². The van der Waals surface area contributed by atoms with E-state index in [-0.39, 0.29) is 13.2 Å². The summed E-state index contributed by atoms with van der Waals surface area (Å²) in [5.41, 5.74) is -0.460. The summed E-state index contributed by atoms with van der Waals surface area (Å²) in [6.45, 7) is -0.221. The van der Waals surface area contributed by atoms with Gasteiger partial charge in [-0.3, -0.25) is 0 Å². The van der Waals surface area contributed by atoms with Crippen LogP contribution in [0.4, 0.5) is 23.7 Å². The van der Waals surface area contributed by atoms with Crippen molar-refractivity contribution in [1.82, 2.24) is 4.90 Å². The van der Waals surface area contributed by atoms with Crippen LogP contribution in [0.2, 0.25) is 0 Å². The standard InChI is InChI=1S/C10H11F3N2O2/c1-15(4-5-16)10(17)14-7-3-2-6(11)8(12)9(7)13/h2-3,16H,4-5H2,1H3,(H,14,17). The number of aliphatic hydroxyl groups excluding tert-OH is 1. The van der Waals surface area contributed by atoms with Crippen LogP contribution in [0.15, 0.2) is 12.1 Å². The van der Waals surface area contributed by atoms with Crippen molar-refractivity contribution in [2.75, 3.05) is 25.5 Å². The third-order valence-electron chi connectivity index (χ3n) is 2.06. The molecule has 0 heterocycles. The minimum absolute atomic E-state index is 0.0388. The van der Waals surface area contributed by atoms with E-state index in [2.05, 4.69) is 5.32 Å². The molecule has 17 heavy (non-hydrogen) atoms. The van der Waals surface area contributed by atoms with Gasteiger partial charge in [-0.2, -0.15) is 0 Å². The highest BCUT2D eigenvalue weighted by atomic mass is 19.2. The Morgan fingerprint density at radius 3 is 2.59 bits per heavy atom. The summed E-state index contributed by atoms with van der Waals surface area (Å²) in [4.78, 5) is 12.4. The number of halogens is 3. The van der Waals surface area contributed by atoms with E-state index in [9.17, 15) is 18.0 Å². The fraction of sp³-hybridized carbons (Fsp3) is 0.300. The number of urea groups is 1. The Morgan fingerprint density at radius 1 is 1.35 bits per heavy atom. The van der Waals surface area contributed by atoms with Gasteiger partial charge in [0.25, 0.3) is 0 Å². The molecule has 0 aliphatic carbocycles. The average molecular weight is 248 g/mol. The molecular formula is C10H11F3N2O2. The Labute approximate surface area is 95.7 Å². The summed E-state index contributed by atoms with van der Waals surface area (Å²) in [7, 11) is 1.36. The second kappa shape index (κ2) is 5.53. The largest absolute Gasteiger partial charge is 0.395 e. The smallest absolute Gasteiger partial charge is 0.321 e. The zero-order valence-electron chi connectivity index (χ0n) is 9.01. The van der Waals surface area contributed by atoms with Crippen molar-refractivity contribution in [3.63, 3.8) is 0 Å². The number of amides is 2. The molecule has 4 nitrogen and oxygen atoms in total. The van der Waals surface area contributed by atoms with Crippen molar-refractivity contribution in [2.24, 2.45) is 0 Å². The molecule has 0 aliphatic heterocycles. The molecule has 0 unspecified atom stereocenters. The number of hydrogen-bond donors (Lipinski definition) is 2. The Kier molecular flexibility index (Phi) is 4.33. The Hall–Kier alpha value is -1.76. The number of nitrogens with one attached hydrogen (secondary N) is 1. The van der Waals surface area contributed by atoms with Gasteiger partial charge in [-0.15, -0.1) is 0 Å². The van der Waals surface area contributed by atoms with Crippen LogP contribution in [0.5, 0.6) is 0 Å². The third kappa shape index (κ3) is 3.10. The third-order valence-corrected chi connectivity index (χ3v) is 2.06. The first-order valence-corrected chi connectivity index (χ1v) is 4.74. The molecule has 0 radical (unpaired) electrons. The summed E-state index contributed by atoms with van der Waals surface area (Å²) >= 11 is 0. The van der Waals surface area contributed by atoms with Crippen molar-refractivity contribution >= 4 is 11.7 Å². The Morgan fingerprint density at radius 2 is 2.00 bits per heavy atom. The molecule has 0 aliphatic rings. The molecule has 1 rings (SSSR count). The quantitative estimate of drug-likeness (QED) is 0.797. The number of carbonyl (C=O) groups is 1. The molecule has 2 amide bonds. The van der Waals surface area contributed by atoms with Gasteiger partial charge in [0.2, 0.25) is 0 Å². The molecule has 0 atom stereocenters. The van der Waals surface area contributed by atoms with Gasteiger partial charge in [-0.05, 0) is 12.1 Å². The van der Waals surface area contributed by atoms with E-state index in [4.69, 9.17) is 5.11 Å². The topological polar surface area (TPSA) is 52.6 Å². The number of anilines is 1. The van der Waals surface area contributed by atoms with Crippen molar-refractivity contribution in [1.29, 1.82) is 0 Å². The van der Waals surface area contributed by atoms with Crippen molar-refractivity contribution in [2.45, 2.75) is 0 Å². The van der Waals surface area contributed by atoms with Crippen LogP contribution in [0.25, 0.3) is 0 Å². The first-order valence-electron chi connectivity index (χ1n) is 4.74. The molecule has 0 aromatic heterocycles. The summed E-state index contributed by atoms with van der Waals surface area (Å²) in [5, 5.41) is 10.6. The fourth-order valence-electron chi connectivity index (χ4n) is 1.08. The maximum absolute atomic E-state index is 13.2. The van der Waals surface area contributed by atoms with E-state index in [1.807, 2.05) is 0 Å². The second-order valence-corrected chi connectivity index (χ2v) is 3.30. The lowest BCUT2D eigenvalue weighted by Crippen LogP contribution is -2.33. The van der Waals surface area contributed by atoms with Gasteiger partial charge < -0.3 is 15.3 Å². The van der Waals surface area contributed by atoms with E-state index < -0.39 is 29.2 Å². The highest BCUT2D eigenvalue weighted by Crippen LogP contribution is 2.19. The molecular weight excluding hydrogens is 237 g/mol. The Balaban J connectivity index is 2.82. The second-order valence-electron chi connectivity index (χ2n) is 3.30. The minimum Gasteiger partial charge on any atom is -0.395 e. The van der Waals surface area contributed by atoms with Crippen LogP contribution in [-0.4, -0.2) is 36.2 Å². The van der Waals surface area contributed by atoms with Crippen LogP contribution in [0.1, 0.15) is 0 Å². The maximum Gasteiger partial charge on any atom is 0.321 e. The molecule has 0 saturated carbocycles. The molecule has 94 valence electrons. The SMILES string of the molecule is CN(CCO)C(=O)Nc1ccc(F)c(F)c1F. The van der Waals surface area contributed by atoms with Crippen molar-refractivity contribution in [3.05, 3.63) is 29.6 Å². The first-order chi connectivity index (χ1) is 7.97. The molecule has 0 saturated heterocycles. The van der Waals surface area contributed by atoms with Gasteiger partial charge in [-0.1, -0.05) is 0 Å². The highest BCUT2D eigenvalue weighted by Gasteiger charge is 2.16. The lowest BCUT2D eigenvalue weighted by atomic mass is 10.3. The molecule has 0 fully saturated rings. The van der Waals surface area contributed by atoms with Gasteiger partial charge in [0, 0.05) is 13.6 Å². The van der Waals surface area contributed by atoms with Crippen molar-refractivity contribution < 1.29 is 23.1 Å². The highest BCUT2D eigenvalue weighted by molar-refractivity contribution is 5.89.